The van der Waals surface area contributed by atoms with Crippen molar-refractivity contribution in [2.75, 3.05) is 19.7 Å². The summed E-state index contributed by atoms with van der Waals surface area (Å²) >= 11 is 0. The number of likely N-dealkylation sites (tertiary alicyclic amines) is 1. The highest BCUT2D eigenvalue weighted by molar-refractivity contribution is 6.16. The van der Waals surface area contributed by atoms with Crippen molar-refractivity contribution in [3.8, 4) is 5.75 Å². The van der Waals surface area contributed by atoms with E-state index in [0.29, 0.717) is 33.2 Å². The van der Waals surface area contributed by atoms with Crippen LogP contribution in [0.25, 0.3) is 21.7 Å². The van der Waals surface area contributed by atoms with E-state index in [9.17, 15) is 9.90 Å². The van der Waals surface area contributed by atoms with E-state index in [1.165, 1.54) is 0 Å². The Hall–Kier alpha value is -3.38. The number of carbonyl (C=O) groups is 1. The van der Waals surface area contributed by atoms with Crippen LogP contribution < -0.4 is 0 Å². The van der Waals surface area contributed by atoms with Crippen LogP contribution in [-0.2, 0) is 4.74 Å². The molecule has 4 aromatic rings. The molecule has 1 N–H and O–H groups in total. The number of carbonyl (C=O) groups excluding carboxylic acids is 1. The van der Waals surface area contributed by atoms with Crippen LogP contribution in [0.5, 0.6) is 5.75 Å². The Morgan fingerprint density at radius 3 is 2.62 bits per heavy atom. The van der Waals surface area contributed by atoms with Crippen LogP contribution in [0.1, 0.15) is 53.1 Å². The molecule has 1 unspecified atom stereocenters. The molecule has 6 heteroatoms. The number of benzene rings is 2. The lowest BCUT2D eigenvalue weighted by molar-refractivity contribution is 0.0526. The van der Waals surface area contributed by atoms with Crippen molar-refractivity contribution in [2.24, 2.45) is 0 Å². The monoisotopic (exact) mass is 430 g/mol. The highest BCUT2D eigenvalue weighted by atomic mass is 16.5. The normalized spacial score (nSPS) is 15.4. The molecule has 164 valence electrons. The molecule has 1 aliphatic rings. The van der Waals surface area contributed by atoms with Gasteiger partial charge < -0.3 is 14.3 Å². The van der Waals surface area contributed by atoms with Crippen LogP contribution in [0.15, 0.2) is 53.2 Å². The molecule has 6 nitrogen and oxygen atoms in total. The quantitative estimate of drug-likeness (QED) is 0.430. The highest BCUT2D eigenvalue weighted by Gasteiger charge is 2.34. The number of aryl methyl sites for hydroxylation is 1. The van der Waals surface area contributed by atoms with E-state index in [0.717, 1.165) is 36.9 Å². The predicted octanol–water partition coefficient (Wildman–Crippen LogP) is 5.36. The fraction of sp³-hybridized carbons (Fsp3) is 0.308. The van der Waals surface area contributed by atoms with E-state index in [4.69, 9.17) is 9.15 Å². The zero-order chi connectivity index (χ0) is 22.2. The van der Waals surface area contributed by atoms with Gasteiger partial charge in [-0.15, -0.1) is 0 Å². The zero-order valence-electron chi connectivity index (χ0n) is 18.3. The number of furan rings is 1. The molecule has 32 heavy (non-hydrogen) atoms. The summed E-state index contributed by atoms with van der Waals surface area (Å²) in [4.78, 5) is 19.7. The maximum Gasteiger partial charge on any atom is 0.342 e. The van der Waals surface area contributed by atoms with E-state index < -0.39 is 5.97 Å². The van der Waals surface area contributed by atoms with Crippen molar-refractivity contribution in [3.05, 3.63) is 71.2 Å². The van der Waals surface area contributed by atoms with Gasteiger partial charge in [0.15, 0.2) is 0 Å². The van der Waals surface area contributed by atoms with Gasteiger partial charge in [-0.1, -0.05) is 30.3 Å². The number of fused-ring (bicyclic) bond motifs is 3. The number of pyridine rings is 1. The first kappa shape index (κ1) is 20.5. The number of nitrogens with zero attached hydrogens (tertiary/aromatic N) is 2. The molecule has 1 atom stereocenters. The standard InChI is InChI=1S/C26H26N2O4/c1-3-31-26(30)20-16(2)32-25-19-11-5-4-10-18(19)24(29)22(21(20)25)23(28-13-6-7-14-28)17-9-8-12-27-15-17/h4-5,8-12,15,23,29H,3,6-7,13-14H2,1-2H3. The molecule has 0 spiro atoms. The molecule has 0 saturated carbocycles. The van der Waals surface area contributed by atoms with Gasteiger partial charge in [-0.3, -0.25) is 9.88 Å². The van der Waals surface area contributed by atoms with Crippen molar-refractivity contribution in [3.63, 3.8) is 0 Å². The molecule has 0 bridgehead atoms. The van der Waals surface area contributed by atoms with Crippen molar-refractivity contribution in [1.29, 1.82) is 0 Å². The van der Waals surface area contributed by atoms with E-state index in [-0.39, 0.29) is 18.4 Å². The first-order valence-corrected chi connectivity index (χ1v) is 11.1. The third kappa shape index (κ3) is 3.22. The number of hydrogen-bond donors (Lipinski definition) is 1. The first-order chi connectivity index (χ1) is 15.6. The SMILES string of the molecule is CCOC(=O)c1c(C)oc2c1c(C(c1cccnc1)N1CCCC1)c(O)c1ccccc12. The molecule has 1 saturated heterocycles. The Labute approximate surface area is 186 Å². The first-order valence-electron chi connectivity index (χ1n) is 11.1. The number of aromatic nitrogens is 1. The summed E-state index contributed by atoms with van der Waals surface area (Å²) in [5.41, 5.74) is 2.62. The summed E-state index contributed by atoms with van der Waals surface area (Å²) in [6.07, 6.45) is 5.75. The number of rotatable bonds is 5. The fourth-order valence-corrected chi connectivity index (χ4v) is 4.96. The lowest BCUT2D eigenvalue weighted by Gasteiger charge is -2.30. The maximum absolute atomic E-state index is 13.0. The Morgan fingerprint density at radius 2 is 1.94 bits per heavy atom. The van der Waals surface area contributed by atoms with E-state index in [2.05, 4.69) is 9.88 Å². The van der Waals surface area contributed by atoms with Crippen LogP contribution in [0.4, 0.5) is 0 Å². The number of hydrogen-bond acceptors (Lipinski definition) is 6. The van der Waals surface area contributed by atoms with Crippen molar-refractivity contribution in [1.82, 2.24) is 9.88 Å². The molecule has 3 heterocycles. The third-order valence-corrected chi connectivity index (χ3v) is 6.29. The van der Waals surface area contributed by atoms with Crippen LogP contribution in [0, 0.1) is 6.92 Å². The van der Waals surface area contributed by atoms with Gasteiger partial charge in [0.25, 0.3) is 0 Å². The van der Waals surface area contributed by atoms with Gasteiger partial charge in [0, 0.05) is 34.1 Å². The molecule has 1 fully saturated rings. The Bertz CT molecular complexity index is 1290. The Morgan fingerprint density at radius 1 is 1.19 bits per heavy atom. The van der Waals surface area contributed by atoms with Crippen LogP contribution in [-0.4, -0.2) is 40.7 Å². The average molecular weight is 431 g/mol. The smallest absolute Gasteiger partial charge is 0.342 e. The van der Waals surface area contributed by atoms with Gasteiger partial charge in [-0.25, -0.2) is 4.79 Å². The number of phenols is 1. The minimum Gasteiger partial charge on any atom is -0.507 e. The second-order valence-corrected chi connectivity index (χ2v) is 8.20. The largest absolute Gasteiger partial charge is 0.507 e. The van der Waals surface area contributed by atoms with E-state index in [1.54, 1.807) is 20.0 Å². The summed E-state index contributed by atoms with van der Waals surface area (Å²) in [7, 11) is 0. The topological polar surface area (TPSA) is 75.8 Å². The molecular formula is C26H26N2O4. The summed E-state index contributed by atoms with van der Waals surface area (Å²) in [6.45, 7) is 5.62. The van der Waals surface area contributed by atoms with Crippen LogP contribution in [0.2, 0.25) is 0 Å². The maximum atomic E-state index is 13.0. The summed E-state index contributed by atoms with van der Waals surface area (Å²) < 4.78 is 11.6. The van der Waals surface area contributed by atoms with Crippen LogP contribution >= 0.6 is 0 Å². The number of aromatic hydroxyl groups is 1. The predicted molar refractivity (Wildman–Crippen MR) is 123 cm³/mol. The zero-order valence-corrected chi connectivity index (χ0v) is 18.3. The molecule has 2 aromatic carbocycles. The van der Waals surface area contributed by atoms with Crippen molar-refractivity contribution in [2.45, 2.75) is 32.7 Å². The average Bonchev–Trinajstić information content (AvgIpc) is 3.45. The molecule has 5 rings (SSSR count). The van der Waals surface area contributed by atoms with Gasteiger partial charge in [0.1, 0.15) is 22.7 Å². The lowest BCUT2D eigenvalue weighted by atomic mass is 9.89. The van der Waals surface area contributed by atoms with Crippen LogP contribution in [0.3, 0.4) is 0 Å². The number of esters is 1. The number of ether oxygens (including phenoxy) is 1. The summed E-state index contributed by atoms with van der Waals surface area (Å²) in [6, 6.07) is 11.3. The molecule has 2 aromatic heterocycles. The Balaban J connectivity index is 1.91. The number of phenolic OH excluding ortho intramolecular Hbond substituents is 1. The van der Waals surface area contributed by atoms with Gasteiger partial charge in [-0.05, 0) is 51.4 Å². The summed E-state index contributed by atoms with van der Waals surface area (Å²) in [5.74, 6) is 0.216. The van der Waals surface area contributed by atoms with Crippen molar-refractivity contribution < 1.29 is 19.1 Å². The molecule has 0 radical (unpaired) electrons. The molecule has 0 amide bonds. The van der Waals surface area contributed by atoms with Gasteiger partial charge in [-0.2, -0.15) is 0 Å². The molecular weight excluding hydrogens is 404 g/mol. The second-order valence-electron chi connectivity index (χ2n) is 8.20. The third-order valence-electron chi connectivity index (χ3n) is 6.29. The van der Waals surface area contributed by atoms with Crippen molar-refractivity contribution >= 4 is 27.7 Å². The highest BCUT2D eigenvalue weighted by Crippen LogP contribution is 2.47. The molecule has 0 aliphatic carbocycles. The Kier molecular flexibility index (Phi) is 5.31. The van der Waals surface area contributed by atoms with Gasteiger partial charge in [0.05, 0.1) is 12.6 Å². The van der Waals surface area contributed by atoms with Gasteiger partial charge >= 0.3 is 5.97 Å². The van der Waals surface area contributed by atoms with Gasteiger partial charge in [0.2, 0.25) is 0 Å². The van der Waals surface area contributed by atoms with E-state index >= 15 is 0 Å². The second kappa shape index (κ2) is 8.28. The minimum atomic E-state index is -0.439. The lowest BCUT2D eigenvalue weighted by Crippen LogP contribution is -2.27. The van der Waals surface area contributed by atoms with E-state index in [1.807, 2.05) is 42.6 Å². The minimum absolute atomic E-state index is 0.167. The summed E-state index contributed by atoms with van der Waals surface area (Å²) in [5, 5.41) is 13.7. The fourth-order valence-electron chi connectivity index (χ4n) is 4.96. The molecule has 1 aliphatic heterocycles.